The van der Waals surface area contributed by atoms with E-state index in [1.807, 2.05) is 24.4 Å². The molecule has 0 aromatic carbocycles. The van der Waals surface area contributed by atoms with E-state index in [0.717, 1.165) is 15.9 Å². The summed E-state index contributed by atoms with van der Waals surface area (Å²) < 4.78 is 0.794. The highest BCUT2D eigenvalue weighted by Crippen LogP contribution is 2.22. The van der Waals surface area contributed by atoms with E-state index in [1.165, 1.54) is 5.56 Å². The smallest absolute Gasteiger partial charge is 0.145 e. The Bertz CT molecular complexity index is 531. The van der Waals surface area contributed by atoms with Gasteiger partial charge in [-0.05, 0) is 52.2 Å². The van der Waals surface area contributed by atoms with Crippen molar-refractivity contribution >= 4 is 33.3 Å². The van der Waals surface area contributed by atoms with Gasteiger partial charge in [-0.1, -0.05) is 11.6 Å². The largest absolute Gasteiger partial charge is 0.366 e. The molecule has 0 spiro atoms. The number of rotatable bonds is 3. The summed E-state index contributed by atoms with van der Waals surface area (Å²) in [5.41, 5.74) is 2.35. The lowest BCUT2D eigenvalue weighted by atomic mass is 10.1. The molecule has 3 nitrogen and oxygen atoms in total. The Morgan fingerprint density at radius 2 is 2.18 bits per heavy atom. The average Bonchev–Trinajstić information content (AvgIpc) is 2.32. The molecule has 0 aliphatic carbocycles. The number of aryl methyl sites for hydroxylation is 1. The lowest BCUT2D eigenvalue weighted by Gasteiger charge is -2.08. The molecule has 0 bridgehead atoms. The third-order valence-electron chi connectivity index (χ3n) is 2.41. The molecule has 0 saturated heterocycles. The van der Waals surface area contributed by atoms with Gasteiger partial charge >= 0.3 is 0 Å². The minimum Gasteiger partial charge on any atom is -0.366 e. The molecule has 0 aliphatic heterocycles. The summed E-state index contributed by atoms with van der Waals surface area (Å²) in [6, 6.07) is 5.73. The van der Waals surface area contributed by atoms with E-state index in [1.54, 1.807) is 6.20 Å². The van der Waals surface area contributed by atoms with Crippen LogP contribution in [0.5, 0.6) is 0 Å². The maximum atomic E-state index is 5.92. The molecule has 2 rings (SSSR count). The van der Waals surface area contributed by atoms with Crippen LogP contribution < -0.4 is 5.32 Å². The second-order valence-electron chi connectivity index (χ2n) is 3.62. The molecule has 0 aliphatic rings. The second-order valence-corrected chi connectivity index (χ2v) is 4.84. The highest BCUT2D eigenvalue weighted by molar-refractivity contribution is 9.10. The second kappa shape index (κ2) is 5.47. The van der Waals surface area contributed by atoms with Crippen molar-refractivity contribution in [3.05, 3.63) is 51.3 Å². The van der Waals surface area contributed by atoms with Crippen LogP contribution in [0, 0.1) is 6.92 Å². The molecule has 0 atom stereocenters. The number of hydrogen-bond acceptors (Lipinski definition) is 3. The van der Waals surface area contributed by atoms with Gasteiger partial charge in [0.25, 0.3) is 0 Å². The molecule has 0 saturated carbocycles. The monoisotopic (exact) mass is 311 g/mol. The van der Waals surface area contributed by atoms with Crippen molar-refractivity contribution in [2.45, 2.75) is 13.5 Å². The van der Waals surface area contributed by atoms with Gasteiger partial charge in [0.2, 0.25) is 0 Å². The zero-order chi connectivity index (χ0) is 12.3. The number of halogens is 2. The predicted molar refractivity (Wildman–Crippen MR) is 73.2 cm³/mol. The van der Waals surface area contributed by atoms with Crippen molar-refractivity contribution in [2.24, 2.45) is 0 Å². The fraction of sp³-hybridized carbons (Fsp3) is 0.167. The van der Waals surface area contributed by atoms with E-state index in [4.69, 9.17) is 11.6 Å². The third kappa shape index (κ3) is 3.17. The maximum absolute atomic E-state index is 5.92. The number of anilines is 1. The zero-order valence-electron chi connectivity index (χ0n) is 9.24. The Morgan fingerprint density at radius 1 is 1.35 bits per heavy atom. The summed E-state index contributed by atoms with van der Waals surface area (Å²) in [6.45, 7) is 2.74. The number of aromatic nitrogens is 2. The van der Waals surface area contributed by atoms with E-state index < -0.39 is 0 Å². The van der Waals surface area contributed by atoms with Crippen molar-refractivity contribution in [2.75, 3.05) is 5.32 Å². The molecule has 88 valence electrons. The van der Waals surface area contributed by atoms with E-state index in [9.17, 15) is 0 Å². The quantitative estimate of drug-likeness (QED) is 0.876. The van der Waals surface area contributed by atoms with Crippen LogP contribution >= 0.6 is 27.5 Å². The molecular weight excluding hydrogens is 302 g/mol. The van der Waals surface area contributed by atoms with Crippen LogP contribution in [0.4, 0.5) is 5.82 Å². The van der Waals surface area contributed by atoms with Crippen LogP contribution in [0.2, 0.25) is 5.15 Å². The normalized spacial score (nSPS) is 10.3. The van der Waals surface area contributed by atoms with Crippen molar-refractivity contribution in [3.63, 3.8) is 0 Å². The highest BCUT2D eigenvalue weighted by Gasteiger charge is 2.02. The van der Waals surface area contributed by atoms with Gasteiger partial charge in [-0.15, -0.1) is 0 Å². The SMILES string of the molecule is Cc1ccncc1CNc1ccc(Br)c(Cl)n1. The van der Waals surface area contributed by atoms with Crippen LogP contribution in [0.3, 0.4) is 0 Å². The predicted octanol–water partition coefficient (Wildman–Crippen LogP) is 3.81. The number of pyridine rings is 2. The summed E-state index contributed by atoms with van der Waals surface area (Å²) >= 11 is 9.22. The van der Waals surface area contributed by atoms with Crippen LogP contribution in [-0.2, 0) is 6.54 Å². The Kier molecular flexibility index (Phi) is 3.97. The van der Waals surface area contributed by atoms with Crippen LogP contribution in [0.1, 0.15) is 11.1 Å². The Hall–Kier alpha value is -1.13. The van der Waals surface area contributed by atoms with E-state index in [2.05, 4.69) is 38.1 Å². The summed E-state index contributed by atoms with van der Waals surface area (Å²) in [6.07, 6.45) is 3.64. The number of nitrogens with zero attached hydrogens (tertiary/aromatic N) is 2. The van der Waals surface area contributed by atoms with E-state index >= 15 is 0 Å². The molecule has 2 aromatic heterocycles. The van der Waals surface area contributed by atoms with Crippen LogP contribution in [-0.4, -0.2) is 9.97 Å². The van der Waals surface area contributed by atoms with Gasteiger partial charge in [-0.25, -0.2) is 4.98 Å². The van der Waals surface area contributed by atoms with Crippen LogP contribution in [0.25, 0.3) is 0 Å². The first-order valence-corrected chi connectivity index (χ1v) is 6.29. The zero-order valence-corrected chi connectivity index (χ0v) is 11.6. The molecule has 2 aromatic rings. The van der Waals surface area contributed by atoms with Gasteiger partial charge in [0.15, 0.2) is 0 Å². The minimum atomic E-state index is 0.456. The number of nitrogens with one attached hydrogen (secondary N) is 1. The summed E-state index contributed by atoms with van der Waals surface area (Å²) in [4.78, 5) is 8.30. The van der Waals surface area contributed by atoms with E-state index in [0.29, 0.717) is 11.7 Å². The molecule has 0 amide bonds. The summed E-state index contributed by atoms with van der Waals surface area (Å²) in [7, 11) is 0. The molecule has 0 unspecified atom stereocenters. The topological polar surface area (TPSA) is 37.8 Å². The van der Waals surface area contributed by atoms with Crippen molar-refractivity contribution in [3.8, 4) is 0 Å². The minimum absolute atomic E-state index is 0.456. The lowest BCUT2D eigenvalue weighted by Crippen LogP contribution is -2.03. The molecule has 0 radical (unpaired) electrons. The van der Waals surface area contributed by atoms with Crippen LogP contribution in [0.15, 0.2) is 35.1 Å². The Morgan fingerprint density at radius 3 is 2.88 bits per heavy atom. The first-order chi connectivity index (χ1) is 8.16. The molecule has 0 fully saturated rings. The fourth-order valence-electron chi connectivity index (χ4n) is 1.38. The van der Waals surface area contributed by atoms with Gasteiger partial charge in [0.05, 0.1) is 4.47 Å². The van der Waals surface area contributed by atoms with Gasteiger partial charge in [0.1, 0.15) is 11.0 Å². The van der Waals surface area contributed by atoms with E-state index in [-0.39, 0.29) is 0 Å². The molecule has 17 heavy (non-hydrogen) atoms. The lowest BCUT2D eigenvalue weighted by molar-refractivity contribution is 1.06. The van der Waals surface area contributed by atoms with Gasteiger partial charge in [-0.3, -0.25) is 4.98 Å². The van der Waals surface area contributed by atoms with Crippen molar-refractivity contribution in [1.82, 2.24) is 9.97 Å². The van der Waals surface area contributed by atoms with Gasteiger partial charge in [0, 0.05) is 18.9 Å². The molecule has 1 N–H and O–H groups in total. The third-order valence-corrected chi connectivity index (χ3v) is 3.57. The summed E-state index contributed by atoms with van der Waals surface area (Å²) in [5.74, 6) is 0.751. The first kappa shape index (κ1) is 12.3. The Labute approximate surface area is 113 Å². The van der Waals surface area contributed by atoms with Crippen molar-refractivity contribution in [1.29, 1.82) is 0 Å². The molecule has 2 heterocycles. The highest BCUT2D eigenvalue weighted by atomic mass is 79.9. The van der Waals surface area contributed by atoms with Crippen molar-refractivity contribution < 1.29 is 0 Å². The molecular formula is C12H11BrClN3. The van der Waals surface area contributed by atoms with Gasteiger partial charge < -0.3 is 5.32 Å². The standard InChI is InChI=1S/C12H11BrClN3/c1-8-4-5-15-6-9(8)7-16-11-3-2-10(13)12(14)17-11/h2-6H,7H2,1H3,(H,16,17). The maximum Gasteiger partial charge on any atom is 0.145 e. The Balaban J connectivity index is 2.08. The fourth-order valence-corrected chi connectivity index (χ4v) is 1.76. The average molecular weight is 313 g/mol. The summed E-state index contributed by atoms with van der Waals surface area (Å²) in [5, 5.41) is 3.67. The molecule has 5 heteroatoms. The first-order valence-electron chi connectivity index (χ1n) is 5.12. The number of hydrogen-bond donors (Lipinski definition) is 1. The van der Waals surface area contributed by atoms with Gasteiger partial charge in [-0.2, -0.15) is 0 Å².